The summed E-state index contributed by atoms with van der Waals surface area (Å²) in [5.74, 6) is -0.978. The Bertz CT molecular complexity index is 515. The predicted molar refractivity (Wildman–Crippen MR) is 82.2 cm³/mol. The van der Waals surface area contributed by atoms with Crippen molar-refractivity contribution in [3.63, 3.8) is 0 Å². The molecule has 0 unspecified atom stereocenters. The van der Waals surface area contributed by atoms with Crippen LogP contribution in [0.2, 0.25) is 0 Å². The van der Waals surface area contributed by atoms with Gasteiger partial charge in [-0.05, 0) is 36.6 Å². The van der Waals surface area contributed by atoms with Crippen molar-refractivity contribution in [3.8, 4) is 0 Å². The summed E-state index contributed by atoms with van der Waals surface area (Å²) in [5, 5.41) is 11.4. The highest BCUT2D eigenvalue weighted by atomic mass is 16.4. The number of likely N-dealkylation sites (tertiary alicyclic amines) is 1. The number of hydrogen-bond donors (Lipinski definition) is 2. The van der Waals surface area contributed by atoms with E-state index in [1.54, 1.807) is 24.3 Å². The molecule has 0 radical (unpaired) electrons. The van der Waals surface area contributed by atoms with E-state index in [1.807, 2.05) is 4.90 Å². The van der Waals surface area contributed by atoms with E-state index in [0.717, 1.165) is 43.3 Å². The van der Waals surface area contributed by atoms with Crippen molar-refractivity contribution in [2.24, 2.45) is 0 Å². The molecule has 1 aromatic rings. The lowest BCUT2D eigenvalue weighted by Gasteiger charge is -2.20. The van der Waals surface area contributed by atoms with Crippen molar-refractivity contribution in [3.05, 3.63) is 35.9 Å². The first kappa shape index (κ1) is 15.1. The molecule has 0 saturated carbocycles. The van der Waals surface area contributed by atoms with E-state index < -0.39 is 5.97 Å². The van der Waals surface area contributed by atoms with Gasteiger partial charge in [-0.2, -0.15) is 0 Å². The molecule has 1 aliphatic rings. The number of carbonyl (C=O) groups excluding carboxylic acids is 1. The van der Waals surface area contributed by atoms with Crippen LogP contribution < -0.4 is 5.32 Å². The van der Waals surface area contributed by atoms with E-state index in [2.05, 4.69) is 5.32 Å². The van der Waals surface area contributed by atoms with Crippen LogP contribution in [0.3, 0.4) is 0 Å². The molecule has 0 aromatic heterocycles. The molecule has 0 atom stereocenters. The fourth-order valence-electron chi connectivity index (χ4n) is 2.32. The highest BCUT2D eigenvalue weighted by Gasteiger charge is 2.15. The maximum atomic E-state index is 12.1. The summed E-state index contributed by atoms with van der Waals surface area (Å²) in [7, 11) is 0. The van der Waals surface area contributed by atoms with Gasteiger partial charge in [0.05, 0.1) is 0 Å². The van der Waals surface area contributed by atoms with E-state index in [-0.39, 0.29) is 6.03 Å². The molecule has 5 nitrogen and oxygen atoms in total. The minimum atomic E-state index is -0.978. The first-order valence-electron chi connectivity index (χ1n) is 7.22. The Kier molecular flexibility index (Phi) is 5.37. The van der Waals surface area contributed by atoms with Crippen LogP contribution in [0.1, 0.15) is 31.2 Å². The third-order valence-corrected chi connectivity index (χ3v) is 3.47. The summed E-state index contributed by atoms with van der Waals surface area (Å²) in [6.45, 7) is 1.62. The number of hydrogen-bond acceptors (Lipinski definition) is 2. The van der Waals surface area contributed by atoms with Crippen molar-refractivity contribution >= 4 is 23.8 Å². The fraction of sp³-hybridized carbons (Fsp3) is 0.375. The monoisotopic (exact) mass is 288 g/mol. The van der Waals surface area contributed by atoms with Crippen molar-refractivity contribution in [2.45, 2.75) is 25.7 Å². The molecule has 112 valence electrons. The molecule has 0 aliphatic carbocycles. The van der Waals surface area contributed by atoms with Gasteiger partial charge in [0.1, 0.15) is 0 Å². The number of anilines is 1. The number of nitrogens with one attached hydrogen (secondary N) is 1. The number of carboxylic acid groups (broad SMARTS) is 1. The van der Waals surface area contributed by atoms with Gasteiger partial charge in [-0.15, -0.1) is 0 Å². The standard InChI is InChI=1S/C16H20N2O3/c19-15(20)10-7-13-5-8-14(9-6-13)17-16(21)18-11-3-1-2-4-12-18/h5-10H,1-4,11-12H2,(H,17,21)(H,19,20). The van der Waals surface area contributed by atoms with Crippen LogP contribution in [-0.4, -0.2) is 35.1 Å². The zero-order valence-corrected chi connectivity index (χ0v) is 11.9. The maximum absolute atomic E-state index is 12.1. The van der Waals surface area contributed by atoms with E-state index in [9.17, 15) is 9.59 Å². The van der Waals surface area contributed by atoms with E-state index in [4.69, 9.17) is 5.11 Å². The number of urea groups is 1. The SMILES string of the molecule is O=C(O)C=Cc1ccc(NC(=O)N2CCCCCC2)cc1. The van der Waals surface area contributed by atoms with Gasteiger partial charge in [-0.1, -0.05) is 25.0 Å². The minimum Gasteiger partial charge on any atom is -0.478 e. The molecule has 1 fully saturated rings. The van der Waals surface area contributed by atoms with Crippen LogP contribution in [0.25, 0.3) is 6.08 Å². The van der Waals surface area contributed by atoms with E-state index in [1.165, 1.54) is 18.9 Å². The number of carbonyl (C=O) groups is 2. The lowest BCUT2D eigenvalue weighted by molar-refractivity contribution is -0.131. The van der Waals surface area contributed by atoms with Crippen molar-refractivity contribution < 1.29 is 14.7 Å². The highest BCUT2D eigenvalue weighted by Crippen LogP contribution is 2.14. The topological polar surface area (TPSA) is 69.6 Å². The third-order valence-electron chi connectivity index (χ3n) is 3.47. The molecule has 2 amide bonds. The van der Waals surface area contributed by atoms with Crippen molar-refractivity contribution in [1.82, 2.24) is 4.90 Å². The number of nitrogens with zero attached hydrogens (tertiary/aromatic N) is 1. The van der Waals surface area contributed by atoms with Crippen molar-refractivity contribution in [1.29, 1.82) is 0 Å². The van der Waals surface area contributed by atoms with Gasteiger partial charge in [0.15, 0.2) is 0 Å². The summed E-state index contributed by atoms with van der Waals surface area (Å²) >= 11 is 0. The maximum Gasteiger partial charge on any atom is 0.328 e. The summed E-state index contributed by atoms with van der Waals surface area (Å²) in [6, 6.07) is 7.04. The zero-order valence-electron chi connectivity index (χ0n) is 11.9. The number of amides is 2. The normalized spacial score (nSPS) is 15.7. The fourth-order valence-corrected chi connectivity index (χ4v) is 2.32. The number of benzene rings is 1. The van der Waals surface area contributed by atoms with Crippen LogP contribution in [-0.2, 0) is 4.79 Å². The van der Waals surface area contributed by atoms with Crippen LogP contribution in [0, 0.1) is 0 Å². The molecular formula is C16H20N2O3. The molecule has 1 saturated heterocycles. The summed E-state index contributed by atoms with van der Waals surface area (Å²) < 4.78 is 0. The number of rotatable bonds is 3. The van der Waals surface area contributed by atoms with Gasteiger partial charge in [0.2, 0.25) is 0 Å². The Morgan fingerprint density at radius 3 is 2.24 bits per heavy atom. The molecule has 2 N–H and O–H groups in total. The molecule has 1 heterocycles. The minimum absolute atomic E-state index is 0.0641. The Labute approximate surface area is 124 Å². The van der Waals surface area contributed by atoms with Crippen LogP contribution in [0.15, 0.2) is 30.3 Å². The Morgan fingerprint density at radius 1 is 1.05 bits per heavy atom. The second-order valence-electron chi connectivity index (χ2n) is 5.12. The Balaban J connectivity index is 1.93. The zero-order chi connectivity index (χ0) is 15.1. The Hall–Kier alpha value is -2.30. The second-order valence-corrected chi connectivity index (χ2v) is 5.12. The summed E-state index contributed by atoms with van der Waals surface area (Å²) in [4.78, 5) is 24.4. The van der Waals surface area contributed by atoms with Gasteiger partial charge in [-0.3, -0.25) is 0 Å². The molecule has 0 spiro atoms. The Morgan fingerprint density at radius 2 is 1.67 bits per heavy atom. The molecule has 1 aromatic carbocycles. The van der Waals surface area contributed by atoms with E-state index >= 15 is 0 Å². The molecule has 21 heavy (non-hydrogen) atoms. The van der Waals surface area contributed by atoms with Crippen LogP contribution >= 0.6 is 0 Å². The lowest BCUT2D eigenvalue weighted by Crippen LogP contribution is -2.35. The first-order valence-corrected chi connectivity index (χ1v) is 7.22. The summed E-state index contributed by atoms with van der Waals surface area (Å²) in [5.41, 5.74) is 1.50. The quantitative estimate of drug-likeness (QED) is 0.839. The van der Waals surface area contributed by atoms with Gasteiger partial charge in [-0.25, -0.2) is 9.59 Å². The van der Waals surface area contributed by atoms with Crippen molar-refractivity contribution in [2.75, 3.05) is 18.4 Å². The van der Waals surface area contributed by atoms with Gasteiger partial charge < -0.3 is 15.3 Å². The second kappa shape index (κ2) is 7.47. The number of aliphatic carboxylic acids is 1. The first-order chi connectivity index (χ1) is 10.1. The van der Waals surface area contributed by atoms with Crippen LogP contribution in [0.4, 0.5) is 10.5 Å². The third kappa shape index (κ3) is 4.95. The molecular weight excluding hydrogens is 268 g/mol. The number of carboxylic acids is 1. The van der Waals surface area contributed by atoms with Gasteiger partial charge >= 0.3 is 12.0 Å². The molecule has 0 bridgehead atoms. The predicted octanol–water partition coefficient (Wildman–Crippen LogP) is 3.19. The molecule has 5 heteroatoms. The van der Waals surface area contributed by atoms with E-state index in [0.29, 0.717) is 0 Å². The molecule has 2 rings (SSSR count). The smallest absolute Gasteiger partial charge is 0.328 e. The van der Waals surface area contributed by atoms with Gasteiger partial charge in [0, 0.05) is 24.9 Å². The summed E-state index contributed by atoms with van der Waals surface area (Å²) in [6.07, 6.45) is 7.11. The average Bonchev–Trinajstić information content (AvgIpc) is 2.75. The molecule has 1 aliphatic heterocycles. The van der Waals surface area contributed by atoms with Gasteiger partial charge in [0.25, 0.3) is 0 Å². The average molecular weight is 288 g/mol. The highest BCUT2D eigenvalue weighted by molar-refractivity contribution is 5.89. The largest absolute Gasteiger partial charge is 0.478 e. The van der Waals surface area contributed by atoms with Crippen LogP contribution in [0.5, 0.6) is 0 Å². The lowest BCUT2D eigenvalue weighted by atomic mass is 10.2.